The first-order chi connectivity index (χ1) is 11.7. The van der Waals surface area contributed by atoms with E-state index in [9.17, 15) is 14.4 Å². The molecule has 1 N–H and O–H groups in total. The van der Waals surface area contributed by atoms with Crippen LogP contribution in [0.3, 0.4) is 0 Å². The second kappa shape index (κ2) is 7.99. The second-order valence-corrected chi connectivity index (χ2v) is 8.35. The molecule has 0 saturated heterocycles. The highest BCUT2D eigenvalue weighted by Gasteiger charge is 2.30. The number of carbonyl (C=O) groups excluding carboxylic acids is 3. The number of ether oxygens (including phenoxy) is 2. The lowest BCUT2D eigenvalue weighted by molar-refractivity contribution is -0.123. The summed E-state index contributed by atoms with van der Waals surface area (Å²) >= 11 is 1.43. The molecule has 25 heavy (non-hydrogen) atoms. The maximum absolute atomic E-state index is 12.1. The van der Waals surface area contributed by atoms with Crippen molar-refractivity contribution in [3.63, 3.8) is 0 Å². The summed E-state index contributed by atoms with van der Waals surface area (Å²) in [5.41, 5.74) is 1.45. The minimum atomic E-state index is -0.844. The smallest absolute Gasteiger partial charge is 0.413 e. The van der Waals surface area contributed by atoms with E-state index in [1.165, 1.54) is 21.8 Å². The Labute approximate surface area is 151 Å². The van der Waals surface area contributed by atoms with Gasteiger partial charge >= 0.3 is 12.1 Å². The van der Waals surface area contributed by atoms with Crippen LogP contribution in [0.2, 0.25) is 0 Å². The van der Waals surface area contributed by atoms with Crippen molar-refractivity contribution in [3.05, 3.63) is 21.4 Å². The van der Waals surface area contributed by atoms with E-state index in [2.05, 4.69) is 25.5 Å². The third-order valence-electron chi connectivity index (χ3n) is 4.36. The van der Waals surface area contributed by atoms with Crippen molar-refractivity contribution in [1.82, 2.24) is 5.32 Å². The highest BCUT2D eigenvalue weighted by molar-refractivity contribution is 7.14. The first-order valence-electron chi connectivity index (χ1n) is 8.46. The third-order valence-corrected chi connectivity index (χ3v) is 5.58. The van der Waals surface area contributed by atoms with Crippen LogP contribution >= 0.6 is 11.3 Å². The number of amides is 2. The molecular formula is C18H25NO5S. The van der Waals surface area contributed by atoms with Gasteiger partial charge in [-0.25, -0.2) is 9.59 Å². The van der Waals surface area contributed by atoms with Crippen molar-refractivity contribution in [2.75, 3.05) is 13.2 Å². The maximum Gasteiger partial charge on any atom is 0.413 e. The Balaban J connectivity index is 1.91. The number of hydrogen-bond donors (Lipinski definition) is 1. The number of fused-ring (bicyclic) bond motifs is 1. The van der Waals surface area contributed by atoms with Gasteiger partial charge in [0.1, 0.15) is 4.88 Å². The lowest BCUT2D eigenvalue weighted by atomic mass is 9.72. The highest BCUT2D eigenvalue weighted by Crippen LogP contribution is 2.40. The van der Waals surface area contributed by atoms with E-state index in [0.29, 0.717) is 10.8 Å². The fourth-order valence-corrected chi connectivity index (χ4v) is 3.98. The molecule has 0 aliphatic heterocycles. The summed E-state index contributed by atoms with van der Waals surface area (Å²) in [5.74, 6) is -0.652. The van der Waals surface area contributed by atoms with Gasteiger partial charge in [-0.15, -0.1) is 11.3 Å². The molecule has 1 atom stereocenters. The molecule has 1 heterocycles. The van der Waals surface area contributed by atoms with Crippen molar-refractivity contribution in [3.8, 4) is 0 Å². The summed E-state index contributed by atoms with van der Waals surface area (Å²) in [6.45, 7) is 8.01. The molecule has 0 saturated carbocycles. The summed E-state index contributed by atoms with van der Waals surface area (Å²) in [6.07, 6.45) is 2.21. The van der Waals surface area contributed by atoms with Gasteiger partial charge in [-0.2, -0.15) is 0 Å². The molecule has 1 aliphatic carbocycles. The molecule has 0 bridgehead atoms. The van der Waals surface area contributed by atoms with Crippen LogP contribution in [0.25, 0.3) is 0 Å². The van der Waals surface area contributed by atoms with Crippen LogP contribution in [-0.2, 0) is 27.1 Å². The van der Waals surface area contributed by atoms with E-state index >= 15 is 0 Å². The molecule has 1 aliphatic rings. The number of aryl methyl sites for hydroxylation is 1. The Morgan fingerprint density at radius 1 is 1.28 bits per heavy atom. The number of nitrogens with one attached hydrogen (secondary N) is 1. The summed E-state index contributed by atoms with van der Waals surface area (Å²) in [5, 5.41) is 1.99. The SMILES string of the molecule is CCOC(=O)NC(=O)COC(=O)c1cc2c(s1)CC[C@@H](C(C)(C)C)C2. The van der Waals surface area contributed by atoms with Crippen molar-refractivity contribution < 1.29 is 23.9 Å². The summed E-state index contributed by atoms with van der Waals surface area (Å²) < 4.78 is 9.58. The van der Waals surface area contributed by atoms with Gasteiger partial charge in [-0.1, -0.05) is 20.8 Å². The van der Waals surface area contributed by atoms with Gasteiger partial charge in [-0.3, -0.25) is 10.1 Å². The zero-order chi connectivity index (χ0) is 18.6. The van der Waals surface area contributed by atoms with E-state index in [1.807, 2.05) is 11.4 Å². The first-order valence-corrected chi connectivity index (χ1v) is 9.27. The predicted octanol–water partition coefficient (Wildman–Crippen LogP) is 3.33. The lowest BCUT2D eigenvalue weighted by Gasteiger charge is -2.33. The quantitative estimate of drug-likeness (QED) is 0.826. The zero-order valence-corrected chi connectivity index (χ0v) is 16.0. The largest absolute Gasteiger partial charge is 0.451 e. The highest BCUT2D eigenvalue weighted by atomic mass is 32.1. The Morgan fingerprint density at radius 3 is 2.64 bits per heavy atom. The monoisotopic (exact) mass is 367 g/mol. The molecule has 0 spiro atoms. The minimum Gasteiger partial charge on any atom is -0.451 e. The van der Waals surface area contributed by atoms with Crippen LogP contribution in [0.5, 0.6) is 0 Å². The van der Waals surface area contributed by atoms with Crippen molar-refractivity contribution in [2.45, 2.75) is 47.0 Å². The number of esters is 1. The van der Waals surface area contributed by atoms with Crippen LogP contribution in [0.1, 0.15) is 54.2 Å². The van der Waals surface area contributed by atoms with Crippen LogP contribution in [0.4, 0.5) is 4.79 Å². The molecule has 7 heteroatoms. The predicted molar refractivity (Wildman–Crippen MR) is 94.7 cm³/mol. The molecule has 1 aromatic heterocycles. The molecule has 0 radical (unpaired) electrons. The number of hydrogen-bond acceptors (Lipinski definition) is 6. The van der Waals surface area contributed by atoms with Crippen molar-refractivity contribution in [1.29, 1.82) is 0 Å². The average Bonchev–Trinajstić information content (AvgIpc) is 2.95. The summed E-state index contributed by atoms with van der Waals surface area (Å²) in [4.78, 5) is 36.5. The fourth-order valence-electron chi connectivity index (χ4n) is 2.88. The number of thiophene rings is 1. The van der Waals surface area contributed by atoms with Crippen molar-refractivity contribution >= 4 is 29.3 Å². The first kappa shape index (κ1) is 19.4. The molecule has 2 rings (SSSR count). The van der Waals surface area contributed by atoms with E-state index in [-0.39, 0.29) is 12.0 Å². The minimum absolute atomic E-state index is 0.162. The van der Waals surface area contributed by atoms with Gasteiger partial charge in [0.25, 0.3) is 5.91 Å². The molecule has 0 fully saturated rings. The average molecular weight is 367 g/mol. The van der Waals surface area contributed by atoms with Gasteiger partial charge in [-0.05, 0) is 49.1 Å². The molecule has 1 aromatic rings. The normalized spacial score (nSPS) is 16.7. The molecule has 0 unspecified atom stereocenters. The van der Waals surface area contributed by atoms with Crippen LogP contribution < -0.4 is 5.32 Å². The zero-order valence-electron chi connectivity index (χ0n) is 15.1. The molecule has 0 aromatic carbocycles. The second-order valence-electron chi connectivity index (χ2n) is 7.21. The van der Waals surface area contributed by atoms with Gasteiger partial charge < -0.3 is 9.47 Å². The fraction of sp³-hybridized carbons (Fsp3) is 0.611. The molecule has 138 valence electrons. The van der Waals surface area contributed by atoms with Crippen LogP contribution in [0.15, 0.2) is 6.07 Å². The summed E-state index contributed by atoms with van der Waals surface area (Å²) in [7, 11) is 0. The van der Waals surface area contributed by atoms with E-state index in [1.54, 1.807) is 6.92 Å². The summed E-state index contributed by atoms with van der Waals surface area (Å²) in [6, 6.07) is 1.88. The van der Waals surface area contributed by atoms with Gasteiger partial charge in [0.2, 0.25) is 0 Å². The number of alkyl carbamates (subject to hydrolysis) is 1. The van der Waals surface area contributed by atoms with Crippen LogP contribution in [0, 0.1) is 11.3 Å². The molecule has 2 amide bonds. The standard InChI is InChI=1S/C18H25NO5S/c1-5-23-17(22)19-15(20)10-24-16(21)14-9-11-8-12(18(2,3)4)6-7-13(11)25-14/h9,12H,5-8,10H2,1-4H3,(H,19,20,22)/t12-/m1/s1. The number of rotatable bonds is 4. The molecular weight excluding hydrogens is 342 g/mol. The topological polar surface area (TPSA) is 81.7 Å². The molecule has 6 nitrogen and oxygen atoms in total. The van der Waals surface area contributed by atoms with Gasteiger partial charge in [0.05, 0.1) is 6.61 Å². The Morgan fingerprint density at radius 2 is 2.00 bits per heavy atom. The number of carbonyl (C=O) groups is 3. The van der Waals surface area contributed by atoms with Crippen LogP contribution in [-0.4, -0.2) is 31.2 Å². The maximum atomic E-state index is 12.1. The van der Waals surface area contributed by atoms with E-state index in [0.717, 1.165) is 19.3 Å². The van der Waals surface area contributed by atoms with Gasteiger partial charge in [0, 0.05) is 4.88 Å². The Hall–Kier alpha value is -1.89. The van der Waals surface area contributed by atoms with E-state index < -0.39 is 24.6 Å². The Kier molecular flexibility index (Phi) is 6.21. The Bertz CT molecular complexity index is 659. The van der Waals surface area contributed by atoms with E-state index in [4.69, 9.17) is 4.74 Å². The van der Waals surface area contributed by atoms with Crippen molar-refractivity contribution in [2.24, 2.45) is 11.3 Å². The lowest BCUT2D eigenvalue weighted by Crippen LogP contribution is -2.34. The third kappa shape index (κ3) is 5.29. The van der Waals surface area contributed by atoms with Gasteiger partial charge in [0.15, 0.2) is 6.61 Å². The number of imide groups is 1.